The van der Waals surface area contributed by atoms with Crippen LogP contribution in [0.2, 0.25) is 0 Å². The number of rotatable bonds is 5. The number of benzene rings is 1. The standard InChI is InChI=1S/C16H22N2O5S/c1-3-17(2)15(19)12-8-10-18(11-9-12)24(22,23)14-7-5-4-6-13(14)16(20)21/h4-7,12H,3,8-11H2,1-2H3,(H,20,21). The molecule has 7 nitrogen and oxygen atoms in total. The molecule has 1 N–H and O–H groups in total. The summed E-state index contributed by atoms with van der Waals surface area (Å²) in [6.07, 6.45) is 0.884. The average molecular weight is 354 g/mol. The van der Waals surface area contributed by atoms with E-state index in [-0.39, 0.29) is 35.4 Å². The SMILES string of the molecule is CCN(C)C(=O)C1CCN(S(=O)(=O)c2ccccc2C(=O)O)CC1. The molecule has 0 bridgehead atoms. The predicted octanol–water partition coefficient (Wildman–Crippen LogP) is 1.26. The van der Waals surface area contributed by atoms with Gasteiger partial charge in [0.2, 0.25) is 15.9 Å². The molecule has 1 amide bonds. The van der Waals surface area contributed by atoms with Crippen LogP contribution >= 0.6 is 0 Å². The molecular weight excluding hydrogens is 332 g/mol. The molecule has 0 aliphatic carbocycles. The van der Waals surface area contributed by atoms with Crippen molar-refractivity contribution in [1.29, 1.82) is 0 Å². The van der Waals surface area contributed by atoms with Gasteiger partial charge < -0.3 is 10.0 Å². The Bertz CT molecular complexity index is 724. The highest BCUT2D eigenvalue weighted by Crippen LogP contribution is 2.26. The predicted molar refractivity (Wildman–Crippen MR) is 88.2 cm³/mol. The van der Waals surface area contributed by atoms with Gasteiger partial charge in [-0.15, -0.1) is 0 Å². The molecule has 1 aliphatic rings. The first-order chi connectivity index (χ1) is 11.3. The van der Waals surface area contributed by atoms with Crippen LogP contribution in [0.5, 0.6) is 0 Å². The zero-order chi connectivity index (χ0) is 17.9. The maximum atomic E-state index is 12.7. The molecule has 2 rings (SSSR count). The van der Waals surface area contributed by atoms with E-state index < -0.39 is 16.0 Å². The molecule has 1 aliphatic heterocycles. The summed E-state index contributed by atoms with van der Waals surface area (Å²) in [4.78, 5) is 24.9. The first-order valence-electron chi connectivity index (χ1n) is 7.86. The molecule has 0 unspecified atom stereocenters. The Hall–Kier alpha value is -1.93. The fourth-order valence-electron chi connectivity index (χ4n) is 2.82. The molecule has 0 radical (unpaired) electrons. The number of hydrogen-bond donors (Lipinski definition) is 1. The Kier molecular flexibility index (Phi) is 5.61. The molecule has 8 heteroatoms. The number of hydrogen-bond acceptors (Lipinski definition) is 4. The molecule has 1 saturated heterocycles. The lowest BCUT2D eigenvalue weighted by molar-refractivity contribution is -0.135. The number of carboxylic acids is 1. The fraction of sp³-hybridized carbons (Fsp3) is 0.500. The van der Waals surface area contributed by atoms with Crippen LogP contribution in [-0.4, -0.2) is 61.3 Å². The minimum Gasteiger partial charge on any atom is -0.478 e. The van der Waals surface area contributed by atoms with Crippen molar-refractivity contribution >= 4 is 21.9 Å². The Labute approximate surface area is 141 Å². The van der Waals surface area contributed by atoms with Gasteiger partial charge in [-0.3, -0.25) is 4.79 Å². The zero-order valence-electron chi connectivity index (χ0n) is 13.8. The van der Waals surface area contributed by atoms with Crippen molar-refractivity contribution in [3.63, 3.8) is 0 Å². The summed E-state index contributed by atoms with van der Waals surface area (Å²) in [6, 6.07) is 5.59. The summed E-state index contributed by atoms with van der Waals surface area (Å²) in [5.74, 6) is -1.43. The van der Waals surface area contributed by atoms with E-state index in [1.54, 1.807) is 11.9 Å². The first-order valence-corrected chi connectivity index (χ1v) is 9.30. The summed E-state index contributed by atoms with van der Waals surface area (Å²) in [7, 11) is -2.15. The largest absolute Gasteiger partial charge is 0.478 e. The molecule has 24 heavy (non-hydrogen) atoms. The van der Waals surface area contributed by atoms with Crippen LogP contribution in [0.1, 0.15) is 30.1 Å². The molecule has 0 atom stereocenters. The Morgan fingerprint density at radius 1 is 1.25 bits per heavy atom. The molecule has 1 heterocycles. The molecule has 132 valence electrons. The fourth-order valence-corrected chi connectivity index (χ4v) is 4.47. The summed E-state index contributed by atoms with van der Waals surface area (Å²) in [5, 5.41) is 9.20. The zero-order valence-corrected chi connectivity index (χ0v) is 14.6. The van der Waals surface area contributed by atoms with E-state index in [4.69, 9.17) is 0 Å². The number of carbonyl (C=O) groups is 2. The number of carbonyl (C=O) groups excluding carboxylic acids is 1. The van der Waals surface area contributed by atoms with Gasteiger partial charge in [0.05, 0.1) is 10.5 Å². The van der Waals surface area contributed by atoms with Gasteiger partial charge in [0.25, 0.3) is 0 Å². The second kappa shape index (κ2) is 7.31. The monoisotopic (exact) mass is 354 g/mol. The van der Waals surface area contributed by atoms with E-state index in [1.807, 2.05) is 6.92 Å². The van der Waals surface area contributed by atoms with Crippen LogP contribution in [0.4, 0.5) is 0 Å². The summed E-state index contributed by atoms with van der Waals surface area (Å²) in [6.45, 7) is 2.93. The summed E-state index contributed by atoms with van der Waals surface area (Å²) >= 11 is 0. The third kappa shape index (κ3) is 3.59. The summed E-state index contributed by atoms with van der Waals surface area (Å²) in [5.41, 5.74) is -0.235. The van der Waals surface area contributed by atoms with Crippen LogP contribution < -0.4 is 0 Å². The highest BCUT2D eigenvalue weighted by molar-refractivity contribution is 7.89. The van der Waals surface area contributed by atoms with Gasteiger partial charge >= 0.3 is 5.97 Å². The van der Waals surface area contributed by atoms with Crippen molar-refractivity contribution in [2.24, 2.45) is 5.92 Å². The maximum absolute atomic E-state index is 12.7. The quantitative estimate of drug-likeness (QED) is 0.859. The lowest BCUT2D eigenvalue weighted by Crippen LogP contribution is -2.43. The Morgan fingerprint density at radius 3 is 2.38 bits per heavy atom. The number of piperidine rings is 1. The molecule has 1 aromatic rings. The number of aromatic carboxylic acids is 1. The van der Waals surface area contributed by atoms with Gasteiger partial charge in [-0.1, -0.05) is 12.1 Å². The van der Waals surface area contributed by atoms with Crippen LogP contribution in [0, 0.1) is 5.92 Å². The van der Waals surface area contributed by atoms with Gasteiger partial charge in [-0.25, -0.2) is 13.2 Å². The first kappa shape index (κ1) is 18.4. The second-order valence-electron chi connectivity index (χ2n) is 5.83. The van der Waals surface area contributed by atoms with Gasteiger partial charge in [0.15, 0.2) is 0 Å². The van der Waals surface area contributed by atoms with Crippen molar-refractivity contribution in [3.05, 3.63) is 29.8 Å². The van der Waals surface area contributed by atoms with Crippen molar-refractivity contribution in [3.8, 4) is 0 Å². The van der Waals surface area contributed by atoms with Crippen molar-refractivity contribution < 1.29 is 23.1 Å². The Morgan fingerprint density at radius 2 is 1.83 bits per heavy atom. The van der Waals surface area contributed by atoms with Gasteiger partial charge in [-0.05, 0) is 31.9 Å². The van der Waals surface area contributed by atoms with E-state index in [2.05, 4.69) is 0 Å². The number of amides is 1. The van der Waals surface area contributed by atoms with Crippen molar-refractivity contribution in [1.82, 2.24) is 9.21 Å². The van der Waals surface area contributed by atoms with Crippen LogP contribution in [0.3, 0.4) is 0 Å². The third-order valence-corrected chi connectivity index (χ3v) is 6.35. The van der Waals surface area contributed by atoms with E-state index in [0.29, 0.717) is 19.4 Å². The minimum absolute atomic E-state index is 0.0282. The molecule has 0 spiro atoms. The minimum atomic E-state index is -3.89. The van der Waals surface area contributed by atoms with E-state index in [0.717, 1.165) is 0 Å². The number of nitrogens with zero attached hydrogens (tertiary/aromatic N) is 2. The van der Waals surface area contributed by atoms with Gasteiger partial charge in [-0.2, -0.15) is 4.31 Å². The second-order valence-corrected chi connectivity index (χ2v) is 7.74. The lowest BCUT2D eigenvalue weighted by atomic mass is 9.97. The maximum Gasteiger partial charge on any atom is 0.337 e. The lowest BCUT2D eigenvalue weighted by Gasteiger charge is -2.32. The molecule has 0 saturated carbocycles. The highest BCUT2D eigenvalue weighted by Gasteiger charge is 2.34. The van der Waals surface area contributed by atoms with E-state index in [1.165, 1.54) is 28.6 Å². The Balaban J connectivity index is 2.17. The highest BCUT2D eigenvalue weighted by atomic mass is 32.2. The normalized spacial score (nSPS) is 16.8. The average Bonchev–Trinajstić information content (AvgIpc) is 2.60. The van der Waals surface area contributed by atoms with Crippen molar-refractivity contribution in [2.75, 3.05) is 26.7 Å². The number of carboxylic acid groups (broad SMARTS) is 1. The van der Waals surface area contributed by atoms with E-state index in [9.17, 15) is 23.1 Å². The molecular formula is C16H22N2O5S. The van der Waals surface area contributed by atoms with E-state index >= 15 is 0 Å². The molecule has 1 fully saturated rings. The smallest absolute Gasteiger partial charge is 0.337 e. The van der Waals surface area contributed by atoms with Gasteiger partial charge in [0, 0.05) is 32.6 Å². The molecule has 0 aromatic heterocycles. The van der Waals surface area contributed by atoms with Crippen LogP contribution in [-0.2, 0) is 14.8 Å². The van der Waals surface area contributed by atoms with Crippen LogP contribution in [0.25, 0.3) is 0 Å². The van der Waals surface area contributed by atoms with Crippen molar-refractivity contribution in [2.45, 2.75) is 24.7 Å². The molecule has 1 aromatic carbocycles. The van der Waals surface area contributed by atoms with Crippen LogP contribution in [0.15, 0.2) is 29.2 Å². The third-order valence-electron chi connectivity index (χ3n) is 4.39. The van der Waals surface area contributed by atoms with Gasteiger partial charge in [0.1, 0.15) is 0 Å². The summed E-state index contributed by atoms with van der Waals surface area (Å²) < 4.78 is 26.8. The topological polar surface area (TPSA) is 95.0 Å². The number of sulfonamides is 1.